The number of nitrogens with one attached hydrogen (secondary N) is 1. The number of hydrogen-bond acceptors (Lipinski definition) is 7. The summed E-state index contributed by atoms with van der Waals surface area (Å²) < 4.78 is 10.2. The van der Waals surface area contributed by atoms with E-state index in [-0.39, 0.29) is 18.1 Å². The molecule has 1 saturated heterocycles. The lowest BCUT2D eigenvalue weighted by Gasteiger charge is -2.33. The summed E-state index contributed by atoms with van der Waals surface area (Å²) in [4.78, 5) is 21.2. The Morgan fingerprint density at radius 2 is 1.90 bits per heavy atom. The molecule has 2 aromatic heterocycles. The zero-order valence-electron chi connectivity index (χ0n) is 16.7. The van der Waals surface area contributed by atoms with Crippen LogP contribution in [0, 0.1) is 0 Å². The first kappa shape index (κ1) is 20.1. The van der Waals surface area contributed by atoms with Crippen LogP contribution < -0.4 is 5.32 Å². The average molecular weight is 407 g/mol. The van der Waals surface area contributed by atoms with Crippen LogP contribution in [0.25, 0.3) is 6.08 Å². The van der Waals surface area contributed by atoms with E-state index in [0.717, 1.165) is 32.7 Å². The van der Waals surface area contributed by atoms with Crippen molar-refractivity contribution < 1.29 is 13.7 Å². The van der Waals surface area contributed by atoms with Gasteiger partial charge in [0.2, 0.25) is 5.89 Å². The van der Waals surface area contributed by atoms with E-state index in [0.29, 0.717) is 18.1 Å². The monoisotopic (exact) mass is 407 g/mol. The summed E-state index contributed by atoms with van der Waals surface area (Å²) in [5, 5.41) is 6.50. The van der Waals surface area contributed by atoms with Crippen LogP contribution in [0.5, 0.6) is 0 Å². The normalized spacial score (nSPS) is 15.6. The fraction of sp³-hybridized carbons (Fsp3) is 0.318. The molecule has 0 atom stereocenters. The van der Waals surface area contributed by atoms with Crippen molar-refractivity contribution >= 4 is 12.0 Å². The fourth-order valence-corrected chi connectivity index (χ4v) is 3.30. The van der Waals surface area contributed by atoms with Crippen molar-refractivity contribution in [2.24, 2.45) is 0 Å². The molecule has 3 aromatic rings. The van der Waals surface area contributed by atoms with E-state index >= 15 is 0 Å². The van der Waals surface area contributed by atoms with Gasteiger partial charge in [0, 0.05) is 38.8 Å². The highest BCUT2D eigenvalue weighted by Crippen LogP contribution is 2.10. The molecule has 156 valence electrons. The Hall–Kier alpha value is -3.23. The molecule has 0 saturated carbocycles. The van der Waals surface area contributed by atoms with Gasteiger partial charge in [0.15, 0.2) is 5.69 Å². The summed E-state index contributed by atoms with van der Waals surface area (Å²) in [6.07, 6.45) is 7.24. The third-order valence-electron chi connectivity index (χ3n) is 5.00. The SMILES string of the molecule is O=C(NCc1ccon1)c1coc(CN2CCN(CC=Cc3ccccc3)CC2)n1. The minimum atomic E-state index is -0.289. The maximum atomic E-state index is 12.2. The lowest BCUT2D eigenvalue weighted by atomic mass is 10.2. The predicted octanol–water partition coefficient (Wildman–Crippen LogP) is 2.42. The molecule has 0 bridgehead atoms. The van der Waals surface area contributed by atoms with Crippen LogP contribution in [-0.2, 0) is 13.1 Å². The maximum Gasteiger partial charge on any atom is 0.273 e. The number of piperazine rings is 1. The summed E-state index contributed by atoms with van der Waals surface area (Å²) in [5.41, 5.74) is 2.16. The smallest absolute Gasteiger partial charge is 0.273 e. The maximum absolute atomic E-state index is 12.2. The van der Waals surface area contributed by atoms with Gasteiger partial charge in [0.05, 0.1) is 13.1 Å². The Labute approximate surface area is 175 Å². The zero-order valence-corrected chi connectivity index (χ0v) is 16.7. The number of oxazole rings is 1. The van der Waals surface area contributed by atoms with Crippen LogP contribution in [0.15, 0.2) is 63.9 Å². The molecule has 30 heavy (non-hydrogen) atoms. The predicted molar refractivity (Wildman–Crippen MR) is 111 cm³/mol. The highest BCUT2D eigenvalue weighted by Gasteiger charge is 2.19. The quantitative estimate of drug-likeness (QED) is 0.614. The van der Waals surface area contributed by atoms with Crippen LogP contribution in [0.4, 0.5) is 0 Å². The lowest BCUT2D eigenvalue weighted by molar-refractivity contribution is 0.0945. The van der Waals surface area contributed by atoms with Gasteiger partial charge in [0.1, 0.15) is 18.2 Å². The number of amides is 1. The molecule has 4 rings (SSSR count). The number of benzene rings is 1. The van der Waals surface area contributed by atoms with Gasteiger partial charge in [-0.05, 0) is 5.56 Å². The second-order valence-corrected chi connectivity index (χ2v) is 7.19. The minimum absolute atomic E-state index is 0.276. The molecule has 0 aliphatic carbocycles. The van der Waals surface area contributed by atoms with E-state index in [1.807, 2.05) is 18.2 Å². The molecule has 1 aliphatic rings. The number of rotatable bonds is 8. The Balaban J connectivity index is 1.19. The number of carbonyl (C=O) groups excluding carboxylic acids is 1. The van der Waals surface area contributed by atoms with Gasteiger partial charge in [-0.25, -0.2) is 4.98 Å². The molecule has 1 fully saturated rings. The summed E-state index contributed by atoms with van der Waals surface area (Å²) in [7, 11) is 0. The molecule has 0 unspecified atom stereocenters. The Kier molecular flexibility index (Phi) is 6.68. The van der Waals surface area contributed by atoms with E-state index in [2.05, 4.69) is 49.5 Å². The second-order valence-electron chi connectivity index (χ2n) is 7.19. The average Bonchev–Trinajstić information content (AvgIpc) is 3.46. The zero-order chi connectivity index (χ0) is 20.6. The third kappa shape index (κ3) is 5.65. The largest absolute Gasteiger partial charge is 0.447 e. The highest BCUT2D eigenvalue weighted by molar-refractivity contribution is 5.91. The molecule has 3 heterocycles. The molecule has 0 radical (unpaired) electrons. The van der Waals surface area contributed by atoms with Gasteiger partial charge in [-0.1, -0.05) is 47.6 Å². The van der Waals surface area contributed by atoms with Crippen LogP contribution in [0.2, 0.25) is 0 Å². The van der Waals surface area contributed by atoms with Crippen molar-refractivity contribution in [1.82, 2.24) is 25.3 Å². The van der Waals surface area contributed by atoms with Gasteiger partial charge in [-0.15, -0.1) is 0 Å². The van der Waals surface area contributed by atoms with Crippen LogP contribution >= 0.6 is 0 Å². The number of carbonyl (C=O) groups is 1. The molecular formula is C22H25N5O3. The van der Waals surface area contributed by atoms with Crippen molar-refractivity contribution in [3.63, 3.8) is 0 Å². The van der Waals surface area contributed by atoms with E-state index in [1.165, 1.54) is 18.1 Å². The summed E-state index contributed by atoms with van der Waals surface area (Å²) in [5.74, 6) is 0.266. The highest BCUT2D eigenvalue weighted by atomic mass is 16.5. The first-order chi connectivity index (χ1) is 14.8. The second kappa shape index (κ2) is 10.00. The molecule has 8 nitrogen and oxygen atoms in total. The third-order valence-corrected chi connectivity index (χ3v) is 5.00. The van der Waals surface area contributed by atoms with E-state index in [1.54, 1.807) is 6.07 Å². The molecule has 1 aliphatic heterocycles. The molecule has 0 spiro atoms. The van der Waals surface area contributed by atoms with Crippen LogP contribution in [0.1, 0.15) is 27.6 Å². The van der Waals surface area contributed by atoms with Crippen LogP contribution in [0.3, 0.4) is 0 Å². The van der Waals surface area contributed by atoms with Gasteiger partial charge in [0.25, 0.3) is 5.91 Å². The van der Waals surface area contributed by atoms with E-state index in [4.69, 9.17) is 8.94 Å². The van der Waals surface area contributed by atoms with Crippen molar-refractivity contribution in [1.29, 1.82) is 0 Å². The number of aromatic nitrogens is 2. The van der Waals surface area contributed by atoms with Gasteiger partial charge >= 0.3 is 0 Å². The van der Waals surface area contributed by atoms with E-state index in [9.17, 15) is 4.79 Å². The standard InChI is InChI=1S/C22H25N5O3/c28-22(23-15-19-8-14-30-25-19)20-17-29-21(24-20)16-27-12-10-26(11-13-27)9-4-7-18-5-2-1-3-6-18/h1-8,14,17H,9-13,15-16H2,(H,23,28). The van der Waals surface area contributed by atoms with Crippen molar-refractivity contribution in [2.75, 3.05) is 32.7 Å². The Bertz CT molecular complexity index is 944. The first-order valence-electron chi connectivity index (χ1n) is 10.0. The summed E-state index contributed by atoms with van der Waals surface area (Å²) >= 11 is 0. The van der Waals surface area contributed by atoms with Crippen molar-refractivity contribution in [2.45, 2.75) is 13.1 Å². The van der Waals surface area contributed by atoms with E-state index < -0.39 is 0 Å². The Morgan fingerprint density at radius 1 is 1.10 bits per heavy atom. The lowest BCUT2D eigenvalue weighted by Crippen LogP contribution is -2.45. The van der Waals surface area contributed by atoms with Gasteiger partial charge in [-0.3, -0.25) is 14.6 Å². The fourth-order valence-electron chi connectivity index (χ4n) is 3.30. The van der Waals surface area contributed by atoms with Gasteiger partial charge < -0.3 is 14.3 Å². The topological polar surface area (TPSA) is 87.6 Å². The number of hydrogen-bond donors (Lipinski definition) is 1. The minimum Gasteiger partial charge on any atom is -0.447 e. The molecular weight excluding hydrogens is 382 g/mol. The van der Waals surface area contributed by atoms with Crippen molar-refractivity contribution in [3.8, 4) is 0 Å². The van der Waals surface area contributed by atoms with Gasteiger partial charge in [-0.2, -0.15) is 0 Å². The first-order valence-corrected chi connectivity index (χ1v) is 10.0. The van der Waals surface area contributed by atoms with Crippen LogP contribution in [-0.4, -0.2) is 58.6 Å². The molecule has 8 heteroatoms. The number of nitrogens with zero attached hydrogens (tertiary/aromatic N) is 4. The van der Waals surface area contributed by atoms with Crippen molar-refractivity contribution in [3.05, 3.63) is 77.8 Å². The summed E-state index contributed by atoms with van der Waals surface area (Å²) in [6.45, 7) is 5.69. The Morgan fingerprint density at radius 3 is 2.67 bits per heavy atom. The summed E-state index contributed by atoms with van der Waals surface area (Å²) in [6, 6.07) is 12.0. The molecule has 1 aromatic carbocycles. The molecule has 1 amide bonds. The molecule has 1 N–H and O–H groups in total.